The number of rotatable bonds is 0. The summed E-state index contributed by atoms with van der Waals surface area (Å²) in [4.78, 5) is 12.2. The molecule has 5 heteroatoms. The normalized spacial score (nSPS) is 7.73. The summed E-state index contributed by atoms with van der Waals surface area (Å²) in [5.74, 6) is 0. The highest BCUT2D eigenvalue weighted by Crippen LogP contribution is 1.88. The molecule has 0 aliphatic rings. The molecule has 0 bridgehead atoms. The minimum atomic E-state index is -1.50. The molecule has 0 amide bonds. The van der Waals surface area contributed by atoms with Gasteiger partial charge in [0.25, 0.3) is 5.09 Å². The van der Waals surface area contributed by atoms with Gasteiger partial charge in [0, 0.05) is 12.4 Å². The highest BCUT2D eigenvalue weighted by atomic mass is 16.9. The summed E-state index contributed by atoms with van der Waals surface area (Å²) in [6.07, 6.45) is 3.60. The van der Waals surface area contributed by atoms with Crippen molar-refractivity contribution >= 4 is 0 Å². The Balaban J connectivity index is 0.000000218. The summed E-state index contributed by atoms with van der Waals surface area (Å²) in [6.45, 7) is 2.02. The second-order valence-electron chi connectivity index (χ2n) is 1.77. The zero-order valence-electron chi connectivity index (χ0n) is 5.97. The van der Waals surface area contributed by atoms with Gasteiger partial charge in [-0.05, 0) is 18.6 Å². The Morgan fingerprint density at radius 2 is 2.27 bits per heavy atom. The largest absolute Gasteiger partial charge is 0.328 e. The van der Waals surface area contributed by atoms with Gasteiger partial charge in [-0.25, -0.2) is 0 Å². The van der Waals surface area contributed by atoms with Crippen LogP contribution in [0.4, 0.5) is 0 Å². The molecule has 5 nitrogen and oxygen atoms in total. The lowest BCUT2D eigenvalue weighted by molar-refractivity contribution is -0.742. The van der Waals surface area contributed by atoms with Crippen molar-refractivity contribution in [3.05, 3.63) is 40.2 Å². The van der Waals surface area contributed by atoms with E-state index in [9.17, 15) is 0 Å². The van der Waals surface area contributed by atoms with E-state index in [1.165, 1.54) is 5.56 Å². The summed E-state index contributed by atoms with van der Waals surface area (Å²) in [7, 11) is 0. The summed E-state index contributed by atoms with van der Waals surface area (Å²) in [5, 5.41) is 13.6. The summed E-state index contributed by atoms with van der Waals surface area (Å²) in [5.41, 5.74) is 1.21. The third-order valence-corrected chi connectivity index (χ3v) is 0.809. The fourth-order valence-electron chi connectivity index (χ4n) is 0.448. The van der Waals surface area contributed by atoms with Gasteiger partial charge in [-0.1, -0.05) is 6.07 Å². The number of hydrogen-bond donors (Lipinski definition) is 1. The van der Waals surface area contributed by atoms with E-state index in [0.717, 1.165) is 0 Å². The SMILES string of the molecule is Cc1cccnc1.O=[N+]([O-])O. The smallest absolute Gasteiger partial charge is 0.291 e. The molecule has 1 aromatic rings. The zero-order chi connectivity index (χ0) is 8.69. The van der Waals surface area contributed by atoms with E-state index in [1.54, 1.807) is 6.20 Å². The number of hydrogen-bond acceptors (Lipinski definition) is 3. The van der Waals surface area contributed by atoms with Gasteiger partial charge in [-0.2, -0.15) is 0 Å². The lowest BCUT2D eigenvalue weighted by Gasteiger charge is -1.82. The molecule has 0 fully saturated rings. The second kappa shape index (κ2) is 5.16. The average Bonchev–Trinajstić information content (AvgIpc) is 1.87. The fourth-order valence-corrected chi connectivity index (χ4v) is 0.448. The van der Waals surface area contributed by atoms with Gasteiger partial charge in [0.2, 0.25) is 0 Å². The Morgan fingerprint density at radius 1 is 1.73 bits per heavy atom. The molecule has 1 N–H and O–H groups in total. The quantitative estimate of drug-likeness (QED) is 0.449. The molecule has 0 unspecified atom stereocenters. The molecule has 0 spiro atoms. The molecule has 0 saturated carbocycles. The first-order valence-electron chi connectivity index (χ1n) is 2.83. The minimum absolute atomic E-state index is 1.21. The zero-order valence-corrected chi connectivity index (χ0v) is 5.97. The third-order valence-electron chi connectivity index (χ3n) is 0.809. The number of aryl methyl sites for hydroxylation is 1. The average molecular weight is 156 g/mol. The number of nitrogens with zero attached hydrogens (tertiary/aromatic N) is 2. The minimum Gasteiger partial charge on any atom is -0.328 e. The van der Waals surface area contributed by atoms with Crippen molar-refractivity contribution in [2.24, 2.45) is 0 Å². The predicted octanol–water partition coefficient (Wildman–Crippen LogP) is 1.04. The van der Waals surface area contributed by atoms with Crippen LogP contribution < -0.4 is 0 Å². The monoisotopic (exact) mass is 156 g/mol. The molecule has 0 saturated heterocycles. The molecule has 1 rings (SSSR count). The van der Waals surface area contributed by atoms with Crippen molar-refractivity contribution in [1.29, 1.82) is 0 Å². The van der Waals surface area contributed by atoms with E-state index >= 15 is 0 Å². The van der Waals surface area contributed by atoms with Crippen LogP contribution in [0.5, 0.6) is 0 Å². The van der Waals surface area contributed by atoms with E-state index in [1.807, 2.05) is 25.3 Å². The van der Waals surface area contributed by atoms with Crippen LogP contribution in [0.2, 0.25) is 0 Å². The third kappa shape index (κ3) is 8.35. The molecule has 0 atom stereocenters. The molecule has 0 aromatic carbocycles. The first kappa shape index (κ1) is 9.35. The van der Waals surface area contributed by atoms with E-state index < -0.39 is 5.09 Å². The molecular formula is C6H8N2O3. The molecule has 0 aliphatic heterocycles. The Bertz CT molecular complexity index is 208. The number of aromatic nitrogens is 1. The van der Waals surface area contributed by atoms with E-state index in [4.69, 9.17) is 15.3 Å². The standard InChI is InChI=1S/C6H7N.HNO3/c1-6-3-2-4-7-5-6;2-1(3)4/h2-5H,1H3;(H,2,3,4). The van der Waals surface area contributed by atoms with Gasteiger partial charge in [0.15, 0.2) is 0 Å². The Labute approximate surface area is 63.4 Å². The van der Waals surface area contributed by atoms with Crippen LogP contribution in [0, 0.1) is 17.0 Å². The molecule has 1 heterocycles. The molecular weight excluding hydrogens is 148 g/mol. The maximum Gasteiger partial charge on any atom is 0.291 e. The Kier molecular flexibility index (Phi) is 4.39. The topological polar surface area (TPSA) is 76.3 Å². The lowest BCUT2D eigenvalue weighted by Crippen LogP contribution is -1.81. The van der Waals surface area contributed by atoms with E-state index in [2.05, 4.69) is 4.98 Å². The Morgan fingerprint density at radius 3 is 2.45 bits per heavy atom. The van der Waals surface area contributed by atoms with Crippen LogP contribution in [0.25, 0.3) is 0 Å². The van der Waals surface area contributed by atoms with Crippen molar-refractivity contribution in [3.63, 3.8) is 0 Å². The summed E-state index contributed by atoms with van der Waals surface area (Å²) in [6, 6.07) is 3.95. The van der Waals surface area contributed by atoms with Crippen molar-refractivity contribution in [3.8, 4) is 0 Å². The highest BCUT2D eigenvalue weighted by molar-refractivity contribution is 5.04. The molecule has 11 heavy (non-hydrogen) atoms. The maximum atomic E-state index is 8.36. The van der Waals surface area contributed by atoms with Gasteiger partial charge in [-0.15, -0.1) is 10.1 Å². The molecule has 1 aromatic heterocycles. The van der Waals surface area contributed by atoms with E-state index in [-0.39, 0.29) is 0 Å². The Hall–Kier alpha value is -1.65. The van der Waals surface area contributed by atoms with Crippen LogP contribution in [0.1, 0.15) is 5.56 Å². The van der Waals surface area contributed by atoms with Crippen LogP contribution in [-0.4, -0.2) is 15.3 Å². The van der Waals surface area contributed by atoms with Crippen LogP contribution in [-0.2, 0) is 0 Å². The van der Waals surface area contributed by atoms with E-state index in [0.29, 0.717) is 0 Å². The van der Waals surface area contributed by atoms with Crippen LogP contribution in [0.3, 0.4) is 0 Å². The summed E-state index contributed by atoms with van der Waals surface area (Å²) < 4.78 is 0. The first-order valence-corrected chi connectivity index (χ1v) is 2.83. The van der Waals surface area contributed by atoms with Crippen LogP contribution in [0.15, 0.2) is 24.5 Å². The van der Waals surface area contributed by atoms with Gasteiger partial charge >= 0.3 is 0 Å². The maximum absolute atomic E-state index is 8.36. The van der Waals surface area contributed by atoms with Crippen LogP contribution >= 0.6 is 0 Å². The van der Waals surface area contributed by atoms with Gasteiger partial charge < -0.3 is 5.21 Å². The van der Waals surface area contributed by atoms with Crippen molar-refractivity contribution in [1.82, 2.24) is 4.98 Å². The molecule has 0 aliphatic carbocycles. The van der Waals surface area contributed by atoms with Crippen molar-refractivity contribution < 1.29 is 10.3 Å². The lowest BCUT2D eigenvalue weighted by atomic mass is 10.3. The molecule has 0 radical (unpaired) electrons. The van der Waals surface area contributed by atoms with Crippen molar-refractivity contribution in [2.75, 3.05) is 0 Å². The first-order chi connectivity index (χ1) is 5.13. The van der Waals surface area contributed by atoms with Crippen molar-refractivity contribution in [2.45, 2.75) is 6.92 Å². The predicted molar refractivity (Wildman–Crippen MR) is 37.8 cm³/mol. The summed E-state index contributed by atoms with van der Waals surface area (Å²) >= 11 is 0. The second-order valence-corrected chi connectivity index (χ2v) is 1.77. The van der Waals surface area contributed by atoms with Gasteiger partial charge in [0.05, 0.1) is 0 Å². The van der Waals surface area contributed by atoms with Gasteiger partial charge in [0.1, 0.15) is 0 Å². The highest BCUT2D eigenvalue weighted by Gasteiger charge is 1.73. The molecule has 60 valence electrons. The van der Waals surface area contributed by atoms with Gasteiger partial charge in [-0.3, -0.25) is 4.98 Å². The number of pyridine rings is 1. The fraction of sp³-hybridized carbons (Fsp3) is 0.167.